The highest BCUT2D eigenvalue weighted by atomic mass is 19.4. The Morgan fingerprint density at radius 1 is 1.03 bits per heavy atom. The molecule has 0 saturated heterocycles. The van der Waals surface area contributed by atoms with Gasteiger partial charge in [-0.3, -0.25) is 4.90 Å². The molecule has 1 atom stereocenters. The molecule has 0 bridgehead atoms. The fourth-order valence-electron chi connectivity index (χ4n) is 4.25. The van der Waals surface area contributed by atoms with Crippen molar-refractivity contribution < 1.29 is 32.2 Å². The number of methoxy groups -OCH3 is 2. The number of allylic oxidation sites excluding steroid dienone is 1. The number of nitrogens with zero attached hydrogens (tertiary/aromatic N) is 4. The zero-order valence-corrected chi connectivity index (χ0v) is 20.1. The first-order valence-electron chi connectivity index (χ1n) is 11.0. The van der Waals surface area contributed by atoms with E-state index in [2.05, 4.69) is 5.10 Å². The molecular formula is C26H20F3N5O4. The molecule has 0 spiro atoms. The summed E-state index contributed by atoms with van der Waals surface area (Å²) in [5.74, 6) is -3.63. The molecule has 1 unspecified atom stereocenters. The summed E-state index contributed by atoms with van der Waals surface area (Å²) in [7, 11) is 2.12. The highest BCUT2D eigenvalue weighted by molar-refractivity contribution is 6.06. The van der Waals surface area contributed by atoms with Crippen LogP contribution in [0, 0.1) is 11.3 Å². The van der Waals surface area contributed by atoms with E-state index < -0.39 is 35.3 Å². The van der Waals surface area contributed by atoms with Crippen LogP contribution in [0.2, 0.25) is 0 Å². The average molecular weight is 523 g/mol. The lowest BCUT2D eigenvalue weighted by molar-refractivity contribution is -0.139. The molecule has 0 saturated carbocycles. The van der Waals surface area contributed by atoms with Gasteiger partial charge in [0.05, 0.1) is 54.3 Å². The first-order chi connectivity index (χ1) is 18.1. The number of anilines is 1. The van der Waals surface area contributed by atoms with E-state index in [9.17, 15) is 28.0 Å². The standard InChI is InChI=1S/C26H20F3N5O4/c1-37-24(35)21-20(15-7-4-3-5-8-15)17(14-30)23(31)34(22(21)25(36)38-2)19-13-16(26(27,28)29)9-10-18(19)33-12-6-11-32-33/h3-13,20H,31H2,1-2H3. The molecule has 0 amide bonds. The van der Waals surface area contributed by atoms with E-state index in [0.717, 1.165) is 37.3 Å². The normalized spacial score (nSPS) is 15.8. The SMILES string of the molecule is COC(=O)C1=C(C(=O)OC)N(c2cc(C(F)(F)F)ccc2-n2cccn2)C(N)=C(C#N)C1c1ccccc1. The van der Waals surface area contributed by atoms with Gasteiger partial charge in [0.15, 0.2) is 0 Å². The summed E-state index contributed by atoms with van der Waals surface area (Å²) in [6, 6.07) is 14.5. The number of halogens is 3. The monoisotopic (exact) mass is 523 g/mol. The largest absolute Gasteiger partial charge is 0.466 e. The summed E-state index contributed by atoms with van der Waals surface area (Å²) in [5, 5.41) is 14.2. The molecule has 3 aromatic rings. The van der Waals surface area contributed by atoms with Gasteiger partial charge in [-0.15, -0.1) is 0 Å². The van der Waals surface area contributed by atoms with Crippen molar-refractivity contribution in [1.82, 2.24) is 9.78 Å². The fraction of sp³-hybridized carbons (Fsp3) is 0.154. The van der Waals surface area contributed by atoms with Crippen LogP contribution in [0.1, 0.15) is 17.0 Å². The van der Waals surface area contributed by atoms with Crippen molar-refractivity contribution in [3.05, 3.63) is 101 Å². The van der Waals surface area contributed by atoms with Gasteiger partial charge in [-0.1, -0.05) is 30.3 Å². The van der Waals surface area contributed by atoms with Gasteiger partial charge in [-0.25, -0.2) is 14.3 Å². The van der Waals surface area contributed by atoms with Crippen LogP contribution in [0.15, 0.2) is 89.7 Å². The number of benzene rings is 2. The van der Waals surface area contributed by atoms with E-state index in [4.69, 9.17) is 15.2 Å². The lowest BCUT2D eigenvalue weighted by atomic mass is 9.81. The van der Waals surface area contributed by atoms with Crippen LogP contribution in [-0.4, -0.2) is 35.9 Å². The molecule has 1 aromatic heterocycles. The minimum Gasteiger partial charge on any atom is -0.466 e. The molecule has 4 rings (SSSR count). The Hall–Kier alpha value is -5.05. The van der Waals surface area contributed by atoms with Gasteiger partial charge in [0, 0.05) is 12.4 Å². The van der Waals surface area contributed by atoms with Crippen molar-refractivity contribution in [1.29, 1.82) is 5.26 Å². The molecule has 0 radical (unpaired) electrons. The Morgan fingerprint density at radius 3 is 2.26 bits per heavy atom. The first kappa shape index (κ1) is 26.0. The number of aromatic nitrogens is 2. The van der Waals surface area contributed by atoms with Crippen LogP contribution >= 0.6 is 0 Å². The van der Waals surface area contributed by atoms with E-state index in [1.807, 2.05) is 6.07 Å². The van der Waals surface area contributed by atoms with Crippen molar-refractivity contribution in [2.75, 3.05) is 19.1 Å². The molecule has 0 aliphatic carbocycles. The minimum absolute atomic E-state index is 0.0759. The fourth-order valence-corrected chi connectivity index (χ4v) is 4.25. The van der Waals surface area contributed by atoms with Crippen molar-refractivity contribution in [2.45, 2.75) is 12.1 Å². The third-order valence-corrected chi connectivity index (χ3v) is 5.91. The van der Waals surface area contributed by atoms with E-state index in [-0.39, 0.29) is 28.3 Å². The zero-order valence-electron chi connectivity index (χ0n) is 20.1. The lowest BCUT2D eigenvalue weighted by Gasteiger charge is -2.36. The zero-order chi connectivity index (χ0) is 27.6. The average Bonchev–Trinajstić information content (AvgIpc) is 3.46. The summed E-state index contributed by atoms with van der Waals surface area (Å²) < 4.78 is 52.6. The summed E-state index contributed by atoms with van der Waals surface area (Å²) in [5.41, 5.74) is 4.57. The molecule has 2 aromatic carbocycles. The van der Waals surface area contributed by atoms with Crippen molar-refractivity contribution in [3.63, 3.8) is 0 Å². The summed E-state index contributed by atoms with van der Waals surface area (Å²) >= 11 is 0. The van der Waals surface area contributed by atoms with Gasteiger partial charge in [0.25, 0.3) is 0 Å². The second-order valence-corrected chi connectivity index (χ2v) is 7.99. The highest BCUT2D eigenvalue weighted by Gasteiger charge is 2.44. The van der Waals surface area contributed by atoms with E-state index in [1.54, 1.807) is 36.4 Å². The minimum atomic E-state index is -4.77. The van der Waals surface area contributed by atoms with Crippen molar-refractivity contribution in [2.24, 2.45) is 5.73 Å². The van der Waals surface area contributed by atoms with Crippen molar-refractivity contribution >= 4 is 17.6 Å². The highest BCUT2D eigenvalue weighted by Crippen LogP contribution is 2.45. The molecule has 2 heterocycles. The smallest absolute Gasteiger partial charge is 0.416 e. The maximum Gasteiger partial charge on any atom is 0.416 e. The number of nitriles is 1. The lowest BCUT2D eigenvalue weighted by Crippen LogP contribution is -2.41. The van der Waals surface area contributed by atoms with Crippen LogP contribution in [0.25, 0.3) is 5.69 Å². The Morgan fingerprint density at radius 2 is 1.71 bits per heavy atom. The topological polar surface area (TPSA) is 123 Å². The number of nitrogens with two attached hydrogens (primary N) is 1. The van der Waals surface area contributed by atoms with Gasteiger partial charge < -0.3 is 15.2 Å². The van der Waals surface area contributed by atoms with Crippen molar-refractivity contribution in [3.8, 4) is 11.8 Å². The Balaban J connectivity index is 2.15. The second kappa shape index (κ2) is 10.1. The number of carbonyl (C=O) groups is 2. The first-order valence-corrected chi connectivity index (χ1v) is 11.0. The number of rotatable bonds is 5. The molecule has 9 nitrogen and oxygen atoms in total. The molecular weight excluding hydrogens is 503 g/mol. The molecule has 38 heavy (non-hydrogen) atoms. The molecule has 2 N–H and O–H groups in total. The molecule has 0 fully saturated rings. The van der Waals surface area contributed by atoms with Crippen LogP contribution in [0.5, 0.6) is 0 Å². The van der Waals surface area contributed by atoms with Gasteiger partial charge >= 0.3 is 18.1 Å². The van der Waals surface area contributed by atoms with E-state index in [1.165, 1.54) is 17.1 Å². The maximum atomic E-state index is 13.8. The molecule has 194 valence electrons. The number of ether oxygens (including phenoxy) is 2. The number of alkyl halides is 3. The van der Waals surface area contributed by atoms with Gasteiger partial charge in [-0.05, 0) is 29.8 Å². The van der Waals surface area contributed by atoms with Gasteiger partial charge in [0.2, 0.25) is 0 Å². The summed E-state index contributed by atoms with van der Waals surface area (Å²) in [4.78, 5) is 27.3. The third-order valence-electron chi connectivity index (χ3n) is 5.91. The van der Waals surface area contributed by atoms with Gasteiger partial charge in [-0.2, -0.15) is 23.5 Å². The van der Waals surface area contributed by atoms with Crippen LogP contribution in [0.4, 0.5) is 18.9 Å². The maximum absolute atomic E-state index is 13.8. The predicted octanol–water partition coefficient (Wildman–Crippen LogP) is 3.79. The summed E-state index contributed by atoms with van der Waals surface area (Å²) in [6.07, 6.45) is -1.90. The number of carbonyl (C=O) groups excluding carboxylic acids is 2. The number of hydrogen-bond acceptors (Lipinski definition) is 8. The van der Waals surface area contributed by atoms with Gasteiger partial charge in [0.1, 0.15) is 11.5 Å². The molecule has 1 aliphatic rings. The third kappa shape index (κ3) is 4.45. The van der Waals surface area contributed by atoms with Crippen LogP contribution < -0.4 is 10.6 Å². The second-order valence-electron chi connectivity index (χ2n) is 7.99. The quantitative estimate of drug-likeness (QED) is 0.501. The predicted molar refractivity (Wildman–Crippen MR) is 128 cm³/mol. The Kier molecular flexibility index (Phi) is 6.94. The molecule has 12 heteroatoms. The number of esters is 2. The Bertz CT molecular complexity index is 1490. The summed E-state index contributed by atoms with van der Waals surface area (Å²) in [6.45, 7) is 0. The molecule has 1 aliphatic heterocycles. The number of hydrogen-bond donors (Lipinski definition) is 1. The Labute approximate surface area is 214 Å². The van der Waals surface area contributed by atoms with E-state index in [0.29, 0.717) is 5.56 Å². The van der Waals surface area contributed by atoms with Crippen LogP contribution in [-0.2, 0) is 25.2 Å². The van der Waals surface area contributed by atoms with E-state index >= 15 is 0 Å². The van der Waals surface area contributed by atoms with Crippen LogP contribution in [0.3, 0.4) is 0 Å².